The third-order valence-electron chi connectivity index (χ3n) is 2.43. The van der Waals surface area contributed by atoms with Gasteiger partial charge in [-0.15, -0.1) is 0 Å². The molecule has 0 aliphatic rings. The molecule has 0 rings (SSSR count). The Morgan fingerprint density at radius 1 is 0.944 bits per heavy atom. The van der Waals surface area contributed by atoms with Crippen LogP contribution in [0.25, 0.3) is 0 Å². The van der Waals surface area contributed by atoms with Crippen LogP contribution in [-0.2, 0) is 18.0 Å². The molecule has 1 atom stereocenters. The summed E-state index contributed by atoms with van der Waals surface area (Å²) in [5.74, 6) is 0. The van der Waals surface area contributed by atoms with Crippen LogP contribution in [0.4, 0.5) is 0 Å². The van der Waals surface area contributed by atoms with Crippen LogP contribution in [0.3, 0.4) is 0 Å². The zero-order chi connectivity index (χ0) is 13.9. The normalized spacial score (nSPS) is 14.3. The molecule has 0 aromatic rings. The molecule has 0 aromatic heterocycles. The Bertz CT molecular complexity index is 204. The molecule has 108 valence electrons. The second-order valence-electron chi connectivity index (χ2n) is 3.70. The van der Waals surface area contributed by atoms with Gasteiger partial charge < -0.3 is 18.0 Å². The third kappa shape index (κ3) is 5.62. The van der Waals surface area contributed by atoms with Gasteiger partial charge in [0, 0.05) is 19.8 Å². The zero-order valence-corrected chi connectivity index (χ0v) is 13.4. The van der Waals surface area contributed by atoms with Crippen LogP contribution in [0.1, 0.15) is 41.0 Å². The molecular formula is C13H28O4Si. The minimum atomic E-state index is -2.73. The molecule has 0 amide bonds. The SMILES string of the molecule is CC=CCOC(CC)[Si](OCC)(OCC)OCC. The van der Waals surface area contributed by atoms with Crippen LogP contribution in [0.5, 0.6) is 0 Å². The fraction of sp³-hybridized carbons (Fsp3) is 0.846. The first-order valence-electron chi connectivity index (χ1n) is 6.85. The molecule has 0 aliphatic heterocycles. The van der Waals surface area contributed by atoms with Gasteiger partial charge in [0.1, 0.15) is 5.73 Å². The van der Waals surface area contributed by atoms with Crippen molar-refractivity contribution in [1.29, 1.82) is 0 Å². The third-order valence-corrected chi connectivity index (χ3v) is 5.87. The Hall–Kier alpha value is -0.203. The van der Waals surface area contributed by atoms with Crippen molar-refractivity contribution in [2.24, 2.45) is 0 Å². The molecular weight excluding hydrogens is 248 g/mol. The highest BCUT2D eigenvalue weighted by Crippen LogP contribution is 2.20. The van der Waals surface area contributed by atoms with E-state index in [9.17, 15) is 0 Å². The Labute approximate surface area is 113 Å². The fourth-order valence-electron chi connectivity index (χ4n) is 1.75. The minimum absolute atomic E-state index is 0.103. The van der Waals surface area contributed by atoms with E-state index in [1.54, 1.807) is 0 Å². The molecule has 0 spiro atoms. The summed E-state index contributed by atoms with van der Waals surface area (Å²) in [6.07, 6.45) is 4.77. The minimum Gasteiger partial charge on any atom is -0.372 e. The van der Waals surface area contributed by atoms with Crippen LogP contribution in [-0.4, -0.2) is 41.0 Å². The lowest BCUT2D eigenvalue weighted by Crippen LogP contribution is -2.57. The quantitative estimate of drug-likeness (QED) is 0.429. The molecule has 0 heterocycles. The van der Waals surface area contributed by atoms with Crippen LogP contribution < -0.4 is 0 Å². The molecule has 0 radical (unpaired) electrons. The van der Waals surface area contributed by atoms with Crippen LogP contribution in [0, 0.1) is 0 Å². The number of allylic oxidation sites excluding steroid dienone is 1. The molecule has 0 saturated carbocycles. The first-order chi connectivity index (χ1) is 8.70. The standard InChI is InChI=1S/C13H28O4Si/c1-6-11-12-14-13(7-2)18(15-8-3,16-9-4)17-10-5/h6,11,13H,7-10,12H2,1-5H3. The van der Waals surface area contributed by atoms with E-state index in [-0.39, 0.29) is 5.73 Å². The van der Waals surface area contributed by atoms with E-state index >= 15 is 0 Å². The van der Waals surface area contributed by atoms with Gasteiger partial charge in [-0.2, -0.15) is 0 Å². The Kier molecular flexibility index (Phi) is 10.6. The van der Waals surface area contributed by atoms with Gasteiger partial charge in [-0.1, -0.05) is 19.1 Å². The van der Waals surface area contributed by atoms with Crippen molar-refractivity contribution in [1.82, 2.24) is 0 Å². The maximum absolute atomic E-state index is 5.85. The van der Waals surface area contributed by atoms with Gasteiger partial charge >= 0.3 is 8.80 Å². The molecule has 0 aromatic carbocycles. The van der Waals surface area contributed by atoms with Gasteiger partial charge in [0.2, 0.25) is 0 Å². The lowest BCUT2D eigenvalue weighted by Gasteiger charge is -2.34. The largest absolute Gasteiger partial charge is 0.531 e. The highest BCUT2D eigenvalue weighted by Gasteiger charge is 2.49. The van der Waals surface area contributed by atoms with Crippen molar-refractivity contribution in [2.45, 2.75) is 46.8 Å². The van der Waals surface area contributed by atoms with Crippen LogP contribution in [0.2, 0.25) is 0 Å². The first-order valence-corrected chi connectivity index (χ1v) is 8.65. The maximum Gasteiger partial charge on any atom is 0.531 e. The summed E-state index contributed by atoms with van der Waals surface area (Å²) in [6, 6.07) is 0. The van der Waals surface area contributed by atoms with E-state index in [0.29, 0.717) is 26.4 Å². The Morgan fingerprint density at radius 2 is 1.44 bits per heavy atom. The van der Waals surface area contributed by atoms with Gasteiger partial charge in [0.15, 0.2) is 0 Å². The van der Waals surface area contributed by atoms with E-state index in [4.69, 9.17) is 18.0 Å². The molecule has 0 N–H and O–H groups in total. The van der Waals surface area contributed by atoms with Crippen LogP contribution in [0.15, 0.2) is 12.2 Å². The molecule has 18 heavy (non-hydrogen) atoms. The summed E-state index contributed by atoms with van der Waals surface area (Å²) < 4.78 is 23.4. The summed E-state index contributed by atoms with van der Waals surface area (Å²) in [6.45, 7) is 12.2. The highest BCUT2D eigenvalue weighted by atomic mass is 28.4. The van der Waals surface area contributed by atoms with E-state index in [1.165, 1.54) is 0 Å². The topological polar surface area (TPSA) is 36.9 Å². The molecule has 0 bridgehead atoms. The van der Waals surface area contributed by atoms with E-state index < -0.39 is 8.80 Å². The van der Waals surface area contributed by atoms with Crippen molar-refractivity contribution in [2.75, 3.05) is 26.4 Å². The molecule has 0 saturated heterocycles. The molecule has 4 nitrogen and oxygen atoms in total. The van der Waals surface area contributed by atoms with E-state index in [2.05, 4.69) is 6.92 Å². The molecule has 0 aliphatic carbocycles. The summed E-state index contributed by atoms with van der Waals surface area (Å²) >= 11 is 0. The van der Waals surface area contributed by atoms with Crippen molar-refractivity contribution in [3.8, 4) is 0 Å². The molecule has 0 fully saturated rings. The van der Waals surface area contributed by atoms with Gasteiger partial charge in [-0.05, 0) is 34.1 Å². The lowest BCUT2D eigenvalue weighted by molar-refractivity contribution is -0.00367. The monoisotopic (exact) mass is 276 g/mol. The Balaban J connectivity index is 4.81. The summed E-state index contributed by atoms with van der Waals surface area (Å²) in [5.41, 5.74) is -0.103. The summed E-state index contributed by atoms with van der Waals surface area (Å²) in [5, 5.41) is 0. The fourth-order valence-corrected chi connectivity index (χ4v) is 4.56. The number of rotatable bonds is 11. The number of hydrogen-bond donors (Lipinski definition) is 0. The Morgan fingerprint density at radius 3 is 1.78 bits per heavy atom. The predicted molar refractivity (Wildman–Crippen MR) is 75.5 cm³/mol. The van der Waals surface area contributed by atoms with Gasteiger partial charge in [-0.3, -0.25) is 0 Å². The van der Waals surface area contributed by atoms with Gasteiger partial charge in [0.25, 0.3) is 0 Å². The van der Waals surface area contributed by atoms with Crippen molar-refractivity contribution >= 4 is 8.80 Å². The number of ether oxygens (including phenoxy) is 1. The van der Waals surface area contributed by atoms with E-state index in [1.807, 2.05) is 39.8 Å². The second-order valence-corrected chi connectivity index (χ2v) is 6.42. The van der Waals surface area contributed by atoms with Gasteiger partial charge in [0.05, 0.1) is 6.61 Å². The molecule has 5 heteroatoms. The smallest absolute Gasteiger partial charge is 0.372 e. The second kappa shape index (κ2) is 10.7. The van der Waals surface area contributed by atoms with Crippen molar-refractivity contribution < 1.29 is 18.0 Å². The maximum atomic E-state index is 5.85. The summed E-state index contributed by atoms with van der Waals surface area (Å²) in [7, 11) is -2.73. The van der Waals surface area contributed by atoms with Crippen LogP contribution >= 0.6 is 0 Å². The zero-order valence-electron chi connectivity index (χ0n) is 12.4. The van der Waals surface area contributed by atoms with E-state index in [0.717, 1.165) is 6.42 Å². The van der Waals surface area contributed by atoms with Crippen molar-refractivity contribution in [3.05, 3.63) is 12.2 Å². The first kappa shape index (κ1) is 17.8. The number of hydrogen-bond acceptors (Lipinski definition) is 4. The van der Waals surface area contributed by atoms with Crippen molar-refractivity contribution in [3.63, 3.8) is 0 Å². The molecule has 1 unspecified atom stereocenters. The lowest BCUT2D eigenvalue weighted by atomic mass is 10.5. The predicted octanol–water partition coefficient (Wildman–Crippen LogP) is 2.95. The highest BCUT2D eigenvalue weighted by molar-refractivity contribution is 6.62. The average molecular weight is 276 g/mol. The average Bonchev–Trinajstić information content (AvgIpc) is 2.35. The van der Waals surface area contributed by atoms with Gasteiger partial charge in [-0.25, -0.2) is 0 Å². The summed E-state index contributed by atoms with van der Waals surface area (Å²) in [4.78, 5) is 0.